The summed E-state index contributed by atoms with van der Waals surface area (Å²) in [6.07, 6.45) is 2.32. The van der Waals surface area contributed by atoms with E-state index in [2.05, 4.69) is 20.7 Å². The summed E-state index contributed by atoms with van der Waals surface area (Å²) in [5.41, 5.74) is -0.108. The molecule has 6 nitrogen and oxygen atoms in total. The fraction of sp³-hybridized carbons (Fsp3) is 0.462. The van der Waals surface area contributed by atoms with Crippen LogP contribution in [-0.4, -0.2) is 37.2 Å². The first-order valence-corrected chi connectivity index (χ1v) is 8.79. The third kappa shape index (κ3) is 3.63. The van der Waals surface area contributed by atoms with Gasteiger partial charge >= 0.3 is 5.97 Å². The number of nitrogens with one attached hydrogen (secondary N) is 1. The number of carboxylic acid groups (broad SMARTS) is 1. The van der Waals surface area contributed by atoms with E-state index in [1.54, 1.807) is 0 Å². The summed E-state index contributed by atoms with van der Waals surface area (Å²) in [6.45, 7) is -0.0616. The molecule has 1 aliphatic carbocycles. The van der Waals surface area contributed by atoms with Gasteiger partial charge < -0.3 is 10.2 Å². The van der Waals surface area contributed by atoms with Crippen molar-refractivity contribution >= 4 is 31.9 Å². The van der Waals surface area contributed by atoms with Crippen molar-refractivity contribution in [1.29, 1.82) is 0 Å². The summed E-state index contributed by atoms with van der Waals surface area (Å²) in [7, 11) is -3.80. The molecule has 1 aromatic carbocycles. The minimum atomic E-state index is -3.80. The summed E-state index contributed by atoms with van der Waals surface area (Å²) >= 11 is 3.08. The maximum Gasteiger partial charge on any atom is 0.336 e. The number of aliphatic hydroxyl groups is 1. The molecule has 1 aliphatic rings. The number of aliphatic hydroxyl groups excluding tert-OH is 1. The number of sulfonamides is 1. The molecule has 1 fully saturated rings. The van der Waals surface area contributed by atoms with E-state index in [1.165, 1.54) is 12.1 Å². The van der Waals surface area contributed by atoms with Crippen molar-refractivity contribution in [1.82, 2.24) is 4.72 Å². The van der Waals surface area contributed by atoms with E-state index in [-0.39, 0.29) is 29.0 Å². The summed E-state index contributed by atoms with van der Waals surface area (Å²) in [6, 6.07) is 3.56. The molecule has 0 heterocycles. The smallest absolute Gasteiger partial charge is 0.336 e. The molecule has 0 aromatic heterocycles. The average Bonchev–Trinajstić information content (AvgIpc) is 2.85. The molecule has 116 valence electrons. The Kier molecular flexibility index (Phi) is 5.03. The van der Waals surface area contributed by atoms with E-state index in [9.17, 15) is 18.3 Å². The number of halogens is 1. The Labute approximate surface area is 131 Å². The molecule has 0 bridgehead atoms. The Balaban J connectivity index is 2.27. The molecule has 0 amide bonds. The van der Waals surface area contributed by atoms with Gasteiger partial charge in [-0.1, -0.05) is 6.42 Å². The fourth-order valence-electron chi connectivity index (χ4n) is 2.51. The van der Waals surface area contributed by atoms with Crippen LogP contribution in [0.15, 0.2) is 27.6 Å². The molecule has 0 radical (unpaired) electrons. The van der Waals surface area contributed by atoms with Crippen LogP contribution >= 0.6 is 15.9 Å². The highest BCUT2D eigenvalue weighted by Crippen LogP contribution is 2.27. The zero-order valence-corrected chi connectivity index (χ0v) is 13.5. The van der Waals surface area contributed by atoms with Gasteiger partial charge in [-0.3, -0.25) is 0 Å². The van der Waals surface area contributed by atoms with E-state index in [0.29, 0.717) is 10.9 Å². The second-order valence-corrected chi connectivity index (χ2v) is 7.62. The number of benzene rings is 1. The molecule has 0 aliphatic heterocycles. The molecule has 2 unspecified atom stereocenters. The lowest BCUT2D eigenvalue weighted by atomic mass is 10.1. The molecule has 2 rings (SSSR count). The van der Waals surface area contributed by atoms with Gasteiger partial charge in [0, 0.05) is 17.1 Å². The standard InChI is InChI=1S/C13H16BrNO5S/c14-11-5-4-9(6-10(11)13(17)18)21(19,20)15-12-3-1-2-8(12)7-16/h4-6,8,12,15-16H,1-3,7H2,(H,17,18). The summed E-state index contributed by atoms with van der Waals surface area (Å²) in [5.74, 6) is -1.29. The zero-order chi connectivity index (χ0) is 15.6. The van der Waals surface area contributed by atoms with Crippen molar-refractivity contribution in [3.05, 3.63) is 28.2 Å². The van der Waals surface area contributed by atoms with Gasteiger partial charge in [0.15, 0.2) is 0 Å². The van der Waals surface area contributed by atoms with Gasteiger partial charge in [0.05, 0.1) is 10.5 Å². The van der Waals surface area contributed by atoms with Crippen LogP contribution in [0.1, 0.15) is 29.6 Å². The quantitative estimate of drug-likeness (QED) is 0.722. The first kappa shape index (κ1) is 16.4. The molecule has 2 atom stereocenters. The molecule has 0 spiro atoms. The van der Waals surface area contributed by atoms with Crippen molar-refractivity contribution in [2.45, 2.75) is 30.2 Å². The third-order valence-corrected chi connectivity index (χ3v) is 5.86. The van der Waals surface area contributed by atoms with Gasteiger partial charge in [0.1, 0.15) is 0 Å². The molecular formula is C13H16BrNO5S. The number of rotatable bonds is 5. The van der Waals surface area contributed by atoms with E-state index in [0.717, 1.165) is 18.9 Å². The molecule has 1 saturated carbocycles. The minimum Gasteiger partial charge on any atom is -0.478 e. The molecule has 8 heteroatoms. The lowest BCUT2D eigenvalue weighted by Gasteiger charge is -2.19. The van der Waals surface area contributed by atoms with Crippen LogP contribution in [0.25, 0.3) is 0 Å². The maximum atomic E-state index is 12.3. The first-order chi connectivity index (χ1) is 9.85. The van der Waals surface area contributed by atoms with E-state index < -0.39 is 16.0 Å². The van der Waals surface area contributed by atoms with Gasteiger partial charge in [-0.2, -0.15) is 0 Å². The lowest BCUT2D eigenvalue weighted by molar-refractivity contribution is 0.0695. The van der Waals surface area contributed by atoms with Gasteiger partial charge in [0.25, 0.3) is 0 Å². The number of aromatic carboxylic acids is 1. The van der Waals surface area contributed by atoms with Crippen LogP contribution in [0.2, 0.25) is 0 Å². The lowest BCUT2D eigenvalue weighted by Crippen LogP contribution is -2.38. The van der Waals surface area contributed by atoms with Crippen LogP contribution in [0.5, 0.6) is 0 Å². The van der Waals surface area contributed by atoms with E-state index in [4.69, 9.17) is 5.11 Å². The highest BCUT2D eigenvalue weighted by molar-refractivity contribution is 9.10. The van der Waals surface area contributed by atoms with Crippen molar-refractivity contribution < 1.29 is 23.4 Å². The predicted molar refractivity (Wildman–Crippen MR) is 79.6 cm³/mol. The van der Waals surface area contributed by atoms with Gasteiger partial charge in [-0.05, 0) is 52.9 Å². The molecule has 1 aromatic rings. The highest BCUT2D eigenvalue weighted by Gasteiger charge is 2.31. The Bertz CT molecular complexity index is 646. The first-order valence-electron chi connectivity index (χ1n) is 6.51. The number of carbonyl (C=O) groups is 1. The molecule has 3 N–H and O–H groups in total. The summed E-state index contributed by atoms with van der Waals surface area (Å²) in [4.78, 5) is 11.0. The average molecular weight is 378 g/mol. The van der Waals surface area contributed by atoms with Gasteiger partial charge in [0.2, 0.25) is 10.0 Å². The zero-order valence-electron chi connectivity index (χ0n) is 11.1. The highest BCUT2D eigenvalue weighted by atomic mass is 79.9. The van der Waals surface area contributed by atoms with Crippen molar-refractivity contribution in [2.24, 2.45) is 5.92 Å². The van der Waals surface area contributed by atoms with Crippen molar-refractivity contribution in [3.8, 4) is 0 Å². The van der Waals surface area contributed by atoms with E-state index in [1.807, 2.05) is 0 Å². The molecule has 0 saturated heterocycles. The second kappa shape index (κ2) is 6.43. The Morgan fingerprint density at radius 1 is 1.38 bits per heavy atom. The van der Waals surface area contributed by atoms with Gasteiger partial charge in [-0.25, -0.2) is 17.9 Å². The normalized spacial score (nSPS) is 22.4. The van der Waals surface area contributed by atoms with Crippen LogP contribution in [-0.2, 0) is 10.0 Å². The number of carboxylic acids is 1. The predicted octanol–water partition coefficient (Wildman–Crippen LogP) is 1.59. The third-order valence-electron chi connectivity index (χ3n) is 3.68. The van der Waals surface area contributed by atoms with Crippen LogP contribution < -0.4 is 4.72 Å². The van der Waals surface area contributed by atoms with Crippen LogP contribution in [0.3, 0.4) is 0 Å². The Morgan fingerprint density at radius 3 is 2.71 bits per heavy atom. The topological polar surface area (TPSA) is 104 Å². The largest absolute Gasteiger partial charge is 0.478 e. The molecular weight excluding hydrogens is 362 g/mol. The van der Waals surface area contributed by atoms with Crippen molar-refractivity contribution in [3.63, 3.8) is 0 Å². The Morgan fingerprint density at radius 2 is 2.10 bits per heavy atom. The SMILES string of the molecule is O=C(O)c1cc(S(=O)(=O)NC2CCCC2CO)ccc1Br. The summed E-state index contributed by atoms with van der Waals surface area (Å²) < 4.78 is 27.6. The van der Waals surface area contributed by atoms with Crippen LogP contribution in [0, 0.1) is 5.92 Å². The van der Waals surface area contributed by atoms with Crippen LogP contribution in [0.4, 0.5) is 0 Å². The van der Waals surface area contributed by atoms with Crippen molar-refractivity contribution in [2.75, 3.05) is 6.61 Å². The number of hydrogen-bond acceptors (Lipinski definition) is 4. The monoisotopic (exact) mass is 377 g/mol. The van der Waals surface area contributed by atoms with Gasteiger partial charge in [-0.15, -0.1) is 0 Å². The van der Waals surface area contributed by atoms with E-state index >= 15 is 0 Å². The molecule has 21 heavy (non-hydrogen) atoms. The fourth-order valence-corrected chi connectivity index (χ4v) is 4.29. The number of hydrogen-bond donors (Lipinski definition) is 3. The second-order valence-electron chi connectivity index (χ2n) is 5.05. The Hall–Kier alpha value is -0.960. The minimum absolute atomic E-state index is 0.0616. The maximum absolute atomic E-state index is 12.3. The summed E-state index contributed by atoms with van der Waals surface area (Å²) in [5, 5.41) is 18.3.